The quantitative estimate of drug-likeness (QED) is 0.741. The molecule has 0 N–H and O–H groups in total. The van der Waals surface area contributed by atoms with E-state index in [2.05, 4.69) is 0 Å². The number of carbonyl (C=O) groups excluding carboxylic acids is 1. The van der Waals surface area contributed by atoms with Gasteiger partial charge in [0.15, 0.2) is 0 Å². The van der Waals surface area contributed by atoms with Crippen LogP contribution in [0.5, 0.6) is 5.75 Å². The minimum atomic E-state index is -0.159. The van der Waals surface area contributed by atoms with Crippen LogP contribution in [0.15, 0.2) is 24.3 Å². The first-order valence-corrected chi connectivity index (χ1v) is 5.86. The summed E-state index contributed by atoms with van der Waals surface area (Å²) in [7, 11) is 0. The molecule has 16 heavy (non-hydrogen) atoms. The van der Waals surface area contributed by atoms with E-state index in [9.17, 15) is 4.79 Å². The highest BCUT2D eigenvalue weighted by atomic mass is 35.5. The molecule has 86 valence electrons. The van der Waals surface area contributed by atoms with Gasteiger partial charge in [0, 0.05) is 11.8 Å². The average Bonchev–Trinajstić information content (AvgIpc) is 2.36. The molecule has 1 aliphatic rings. The molecule has 1 atom stereocenters. The smallest absolute Gasteiger partial charge is 0.231 e. The minimum absolute atomic E-state index is 0.0609. The zero-order valence-electron chi connectivity index (χ0n) is 9.15. The molecule has 0 fully saturated rings. The molecule has 0 bridgehead atoms. The van der Waals surface area contributed by atoms with Gasteiger partial charge in [-0.2, -0.15) is 0 Å². The Morgan fingerprint density at radius 2 is 2.31 bits per heavy atom. The Kier molecular flexibility index (Phi) is 3.34. The van der Waals surface area contributed by atoms with Crippen molar-refractivity contribution in [3.63, 3.8) is 0 Å². The fraction of sp³-hybridized carbons (Fsp3) is 0.417. The Hall–Kier alpha value is -1.22. The predicted octanol–water partition coefficient (Wildman–Crippen LogP) is 2.29. The molecular formula is C12H14ClNO2. The van der Waals surface area contributed by atoms with Gasteiger partial charge in [0.05, 0.1) is 12.2 Å². The van der Waals surface area contributed by atoms with Crippen LogP contribution in [0, 0.1) is 5.92 Å². The van der Waals surface area contributed by atoms with E-state index in [-0.39, 0.29) is 11.8 Å². The van der Waals surface area contributed by atoms with Gasteiger partial charge >= 0.3 is 0 Å². The van der Waals surface area contributed by atoms with Crippen LogP contribution in [-0.4, -0.2) is 24.9 Å². The second-order valence-electron chi connectivity index (χ2n) is 3.86. The van der Waals surface area contributed by atoms with Gasteiger partial charge < -0.3 is 9.64 Å². The van der Waals surface area contributed by atoms with Crippen molar-refractivity contribution in [1.82, 2.24) is 0 Å². The second-order valence-corrected chi connectivity index (χ2v) is 4.17. The molecule has 1 aromatic carbocycles. The summed E-state index contributed by atoms with van der Waals surface area (Å²) in [6.45, 7) is 2.97. The molecule has 4 heteroatoms. The monoisotopic (exact) mass is 239 g/mol. The van der Waals surface area contributed by atoms with Crippen molar-refractivity contribution in [3.8, 4) is 5.75 Å². The third kappa shape index (κ3) is 2.00. The van der Waals surface area contributed by atoms with Crippen LogP contribution < -0.4 is 9.64 Å². The highest BCUT2D eigenvalue weighted by molar-refractivity contribution is 6.19. The van der Waals surface area contributed by atoms with Gasteiger partial charge in [-0.05, 0) is 12.1 Å². The van der Waals surface area contributed by atoms with E-state index in [1.165, 1.54) is 0 Å². The molecule has 1 aliphatic heterocycles. The van der Waals surface area contributed by atoms with E-state index in [1.54, 1.807) is 4.90 Å². The number of carbonyl (C=O) groups is 1. The fourth-order valence-corrected chi connectivity index (χ4v) is 1.86. The standard InChI is InChI=1S/C12H14ClNO2/c1-9(8-13)12(15)14-6-7-16-11-5-3-2-4-10(11)14/h2-5,9H,6-8H2,1H3. The van der Waals surface area contributed by atoms with E-state index in [4.69, 9.17) is 16.3 Å². The number of ether oxygens (including phenoxy) is 1. The summed E-state index contributed by atoms with van der Waals surface area (Å²) < 4.78 is 5.49. The largest absolute Gasteiger partial charge is 0.490 e. The van der Waals surface area contributed by atoms with Crippen LogP contribution in [0.3, 0.4) is 0 Å². The number of nitrogens with zero attached hydrogens (tertiary/aromatic N) is 1. The van der Waals surface area contributed by atoms with Crippen molar-refractivity contribution in [2.45, 2.75) is 6.92 Å². The van der Waals surface area contributed by atoms with Gasteiger partial charge in [-0.1, -0.05) is 19.1 Å². The lowest BCUT2D eigenvalue weighted by molar-refractivity contribution is -0.121. The topological polar surface area (TPSA) is 29.5 Å². The lowest BCUT2D eigenvalue weighted by Crippen LogP contribution is -2.41. The minimum Gasteiger partial charge on any atom is -0.490 e. The molecule has 0 aliphatic carbocycles. The molecule has 3 nitrogen and oxygen atoms in total. The SMILES string of the molecule is CC(CCl)C(=O)N1CCOc2ccccc21. The first-order valence-electron chi connectivity index (χ1n) is 5.33. The maximum atomic E-state index is 12.1. The highest BCUT2D eigenvalue weighted by Crippen LogP contribution is 2.31. The van der Waals surface area contributed by atoms with Crippen LogP contribution in [-0.2, 0) is 4.79 Å². The van der Waals surface area contributed by atoms with E-state index in [1.807, 2.05) is 31.2 Å². The van der Waals surface area contributed by atoms with Gasteiger partial charge in [0.2, 0.25) is 5.91 Å². The maximum Gasteiger partial charge on any atom is 0.231 e. The molecule has 0 spiro atoms. The molecule has 1 amide bonds. The number of amides is 1. The third-order valence-corrected chi connectivity index (χ3v) is 3.11. The summed E-state index contributed by atoms with van der Waals surface area (Å²) in [6.07, 6.45) is 0. The van der Waals surface area contributed by atoms with Crippen LogP contribution in [0.25, 0.3) is 0 Å². The van der Waals surface area contributed by atoms with Crippen LogP contribution >= 0.6 is 11.6 Å². The Balaban J connectivity index is 2.28. The van der Waals surface area contributed by atoms with Gasteiger partial charge in [-0.15, -0.1) is 11.6 Å². The number of alkyl halides is 1. The summed E-state index contributed by atoms with van der Waals surface area (Å²) in [5.41, 5.74) is 0.843. The highest BCUT2D eigenvalue weighted by Gasteiger charge is 2.26. The molecule has 2 rings (SSSR count). The van der Waals surface area contributed by atoms with Crippen molar-refractivity contribution in [2.24, 2.45) is 5.92 Å². The van der Waals surface area contributed by atoms with Gasteiger partial charge in [-0.3, -0.25) is 4.79 Å². The zero-order chi connectivity index (χ0) is 11.5. The number of para-hydroxylation sites is 2. The first kappa shape index (κ1) is 11.3. The van der Waals surface area contributed by atoms with Gasteiger partial charge in [0.1, 0.15) is 12.4 Å². The average molecular weight is 240 g/mol. The molecule has 0 aromatic heterocycles. The van der Waals surface area contributed by atoms with Crippen LogP contribution in [0.4, 0.5) is 5.69 Å². The third-order valence-electron chi connectivity index (χ3n) is 2.65. The summed E-state index contributed by atoms with van der Waals surface area (Å²) in [5.74, 6) is 1.01. The molecule has 0 saturated carbocycles. The molecule has 1 heterocycles. The first-order chi connectivity index (χ1) is 7.74. The second kappa shape index (κ2) is 4.74. The summed E-state index contributed by atoms with van der Waals surface area (Å²) in [6, 6.07) is 7.57. The number of hydrogen-bond acceptors (Lipinski definition) is 2. The van der Waals surface area contributed by atoms with E-state index >= 15 is 0 Å². The van der Waals surface area contributed by atoms with Gasteiger partial charge in [0.25, 0.3) is 0 Å². The van der Waals surface area contributed by atoms with E-state index in [0.717, 1.165) is 11.4 Å². The molecule has 0 radical (unpaired) electrons. The van der Waals surface area contributed by atoms with E-state index < -0.39 is 0 Å². The summed E-state index contributed by atoms with van der Waals surface area (Å²) in [5, 5.41) is 0. The number of hydrogen-bond donors (Lipinski definition) is 0. The Labute approximate surface area is 100.0 Å². The lowest BCUT2D eigenvalue weighted by atomic mass is 10.1. The number of rotatable bonds is 2. The van der Waals surface area contributed by atoms with Crippen molar-refractivity contribution >= 4 is 23.2 Å². The normalized spacial score (nSPS) is 16.2. The Bertz CT molecular complexity index is 394. The van der Waals surface area contributed by atoms with Crippen molar-refractivity contribution in [1.29, 1.82) is 0 Å². The number of fused-ring (bicyclic) bond motifs is 1. The predicted molar refractivity (Wildman–Crippen MR) is 64.2 cm³/mol. The lowest BCUT2D eigenvalue weighted by Gasteiger charge is -2.30. The van der Waals surface area contributed by atoms with Gasteiger partial charge in [-0.25, -0.2) is 0 Å². The molecule has 0 saturated heterocycles. The van der Waals surface area contributed by atoms with Crippen LogP contribution in [0.1, 0.15) is 6.92 Å². The fourth-order valence-electron chi connectivity index (χ4n) is 1.73. The number of benzene rings is 1. The van der Waals surface area contributed by atoms with Crippen molar-refractivity contribution in [3.05, 3.63) is 24.3 Å². The zero-order valence-corrected chi connectivity index (χ0v) is 9.91. The van der Waals surface area contributed by atoms with Crippen molar-refractivity contribution < 1.29 is 9.53 Å². The van der Waals surface area contributed by atoms with Crippen molar-refractivity contribution in [2.75, 3.05) is 23.9 Å². The Morgan fingerprint density at radius 1 is 1.56 bits per heavy atom. The summed E-state index contributed by atoms with van der Waals surface area (Å²) in [4.78, 5) is 13.8. The molecule has 1 aromatic rings. The maximum absolute atomic E-state index is 12.1. The molecule has 1 unspecified atom stereocenters. The van der Waals surface area contributed by atoms with Crippen LogP contribution in [0.2, 0.25) is 0 Å². The number of halogens is 1. The Morgan fingerprint density at radius 3 is 3.06 bits per heavy atom. The summed E-state index contributed by atoms with van der Waals surface area (Å²) >= 11 is 5.71. The molecular weight excluding hydrogens is 226 g/mol. The number of anilines is 1. The van der Waals surface area contributed by atoms with E-state index in [0.29, 0.717) is 19.0 Å².